The van der Waals surface area contributed by atoms with Crippen LogP contribution in [0.25, 0.3) is 80.3 Å². The second-order valence-corrected chi connectivity index (χ2v) is 14.8. The predicted molar refractivity (Wildman–Crippen MR) is 229 cm³/mol. The van der Waals surface area contributed by atoms with E-state index >= 15 is 0 Å². The van der Waals surface area contributed by atoms with Crippen LogP contribution in [0.15, 0.2) is 194 Å². The fourth-order valence-electron chi connectivity index (χ4n) is 8.27. The number of nitrogens with zero attached hydrogens (tertiary/aromatic N) is 2. The van der Waals surface area contributed by atoms with Crippen LogP contribution in [0.4, 0.5) is 17.1 Å². The highest BCUT2D eigenvalue weighted by molar-refractivity contribution is 7.26. The Kier molecular flexibility index (Phi) is 6.76. The lowest BCUT2D eigenvalue weighted by Gasteiger charge is -2.27. The first-order valence-corrected chi connectivity index (χ1v) is 18.9. The van der Waals surface area contributed by atoms with E-state index in [-0.39, 0.29) is 0 Å². The predicted octanol–water partition coefficient (Wildman–Crippen LogP) is 14.6. The van der Waals surface area contributed by atoms with Crippen molar-refractivity contribution >= 4 is 91.9 Å². The average molecular weight is 693 g/mol. The van der Waals surface area contributed by atoms with E-state index in [0.717, 1.165) is 17.1 Å². The van der Waals surface area contributed by atoms with Gasteiger partial charge in [0.1, 0.15) is 0 Å². The zero-order valence-electron chi connectivity index (χ0n) is 28.8. The number of benzene rings is 9. The van der Waals surface area contributed by atoms with E-state index in [1.807, 2.05) is 11.3 Å². The molecule has 0 atom stereocenters. The summed E-state index contributed by atoms with van der Waals surface area (Å²) in [6, 6.07) is 70.9. The van der Waals surface area contributed by atoms with Crippen molar-refractivity contribution in [1.29, 1.82) is 0 Å². The number of anilines is 3. The summed E-state index contributed by atoms with van der Waals surface area (Å²) in [6.07, 6.45) is 0. The Morgan fingerprint density at radius 3 is 1.94 bits per heavy atom. The van der Waals surface area contributed by atoms with Gasteiger partial charge in [-0.1, -0.05) is 133 Å². The minimum absolute atomic E-state index is 1.12. The fourth-order valence-corrected chi connectivity index (χ4v) is 9.53. The van der Waals surface area contributed by atoms with Gasteiger partial charge >= 0.3 is 0 Å². The summed E-state index contributed by atoms with van der Waals surface area (Å²) in [6.45, 7) is 0. The van der Waals surface area contributed by atoms with Crippen molar-refractivity contribution in [3.8, 4) is 16.8 Å². The van der Waals surface area contributed by atoms with E-state index in [0.29, 0.717) is 0 Å². The molecule has 0 radical (unpaired) electrons. The second-order valence-electron chi connectivity index (χ2n) is 13.7. The van der Waals surface area contributed by atoms with Crippen LogP contribution in [0.2, 0.25) is 0 Å². The van der Waals surface area contributed by atoms with Gasteiger partial charge in [-0.15, -0.1) is 11.3 Å². The third-order valence-electron chi connectivity index (χ3n) is 10.7. The number of rotatable bonds is 5. The van der Waals surface area contributed by atoms with Gasteiger partial charge in [0.05, 0.1) is 16.7 Å². The maximum Gasteiger partial charge on any atom is 0.0555 e. The maximum atomic E-state index is 2.44. The molecule has 0 N–H and O–H groups in total. The fraction of sp³-hybridized carbons (Fsp3) is 0. The summed E-state index contributed by atoms with van der Waals surface area (Å²) in [7, 11) is 0. The lowest BCUT2D eigenvalue weighted by atomic mass is 10.0. The Bertz CT molecular complexity index is 3160. The highest BCUT2D eigenvalue weighted by Gasteiger charge is 2.19. The van der Waals surface area contributed by atoms with Crippen molar-refractivity contribution in [2.24, 2.45) is 0 Å². The zero-order chi connectivity index (χ0) is 34.9. The molecule has 9 aromatic carbocycles. The quantitative estimate of drug-likeness (QED) is 0.174. The summed E-state index contributed by atoms with van der Waals surface area (Å²) in [4.78, 5) is 2.39. The van der Waals surface area contributed by atoms with Gasteiger partial charge in [-0.3, -0.25) is 0 Å². The van der Waals surface area contributed by atoms with Gasteiger partial charge in [-0.2, -0.15) is 0 Å². The van der Waals surface area contributed by atoms with E-state index in [1.165, 1.54) is 80.3 Å². The SMILES string of the molecule is c1ccc(-n2c3cc(-c4ccc(N(c5ccc6ccccc6c5)c5cccc6ccccc56)cc4)ccc3c3c4sc5ccccc5c4ccc32)cc1. The highest BCUT2D eigenvalue weighted by Crippen LogP contribution is 2.45. The van der Waals surface area contributed by atoms with Gasteiger partial charge in [-0.25, -0.2) is 0 Å². The molecule has 0 fully saturated rings. The molecule has 0 unspecified atom stereocenters. The summed E-state index contributed by atoms with van der Waals surface area (Å²) < 4.78 is 5.12. The molecule has 53 heavy (non-hydrogen) atoms. The van der Waals surface area contributed by atoms with Gasteiger partial charge in [0.15, 0.2) is 0 Å². The van der Waals surface area contributed by atoms with Crippen LogP contribution in [0.3, 0.4) is 0 Å². The first kappa shape index (κ1) is 30.0. The molecule has 0 aliphatic heterocycles. The van der Waals surface area contributed by atoms with Gasteiger partial charge in [0, 0.05) is 53.4 Å². The van der Waals surface area contributed by atoms with Crippen molar-refractivity contribution in [1.82, 2.24) is 4.57 Å². The minimum atomic E-state index is 1.12. The normalized spacial score (nSPS) is 11.8. The Morgan fingerprint density at radius 1 is 0.396 bits per heavy atom. The lowest BCUT2D eigenvalue weighted by molar-refractivity contribution is 1.18. The Balaban J connectivity index is 1.08. The van der Waals surface area contributed by atoms with Crippen LogP contribution in [0.5, 0.6) is 0 Å². The van der Waals surface area contributed by atoms with Crippen molar-refractivity contribution < 1.29 is 0 Å². The molecule has 0 spiro atoms. The maximum absolute atomic E-state index is 2.44. The minimum Gasteiger partial charge on any atom is -0.310 e. The molecule has 248 valence electrons. The lowest BCUT2D eigenvalue weighted by Crippen LogP contribution is -2.10. The third-order valence-corrected chi connectivity index (χ3v) is 11.9. The molecule has 2 aromatic heterocycles. The molecule has 0 amide bonds. The highest BCUT2D eigenvalue weighted by atomic mass is 32.1. The van der Waals surface area contributed by atoms with Gasteiger partial charge in [0.2, 0.25) is 0 Å². The van der Waals surface area contributed by atoms with Crippen molar-refractivity contribution in [2.75, 3.05) is 4.90 Å². The molecule has 0 bridgehead atoms. The van der Waals surface area contributed by atoms with Crippen LogP contribution in [0, 0.1) is 0 Å². The van der Waals surface area contributed by atoms with Gasteiger partial charge < -0.3 is 9.47 Å². The molecule has 11 rings (SSSR count). The number of aromatic nitrogens is 1. The number of para-hydroxylation sites is 1. The van der Waals surface area contributed by atoms with E-state index in [9.17, 15) is 0 Å². The number of hydrogen-bond donors (Lipinski definition) is 0. The largest absolute Gasteiger partial charge is 0.310 e. The molecule has 2 nitrogen and oxygen atoms in total. The monoisotopic (exact) mass is 692 g/mol. The van der Waals surface area contributed by atoms with Crippen LogP contribution in [-0.2, 0) is 0 Å². The Labute approximate surface area is 311 Å². The number of thiophene rings is 1. The topological polar surface area (TPSA) is 8.17 Å². The first-order valence-electron chi connectivity index (χ1n) is 18.1. The van der Waals surface area contributed by atoms with E-state index in [2.05, 4.69) is 204 Å². The first-order chi connectivity index (χ1) is 26.3. The molecular weight excluding hydrogens is 661 g/mol. The van der Waals surface area contributed by atoms with E-state index < -0.39 is 0 Å². The third kappa shape index (κ3) is 4.78. The van der Waals surface area contributed by atoms with Crippen LogP contribution >= 0.6 is 11.3 Å². The van der Waals surface area contributed by atoms with Gasteiger partial charge in [-0.05, 0) is 87.9 Å². The smallest absolute Gasteiger partial charge is 0.0555 e. The molecule has 0 saturated carbocycles. The standard InChI is InChI=1S/C50H32N2S/c1-2-15-38(16-3-1)52-46-30-29-43-42-18-8-9-20-48(42)53-50(43)49(46)44-28-24-37(32-47(44)52)34-21-25-39(26-22-34)51(40-27-23-33-11-4-5-13-36(33)31-40)45-19-10-14-35-12-6-7-17-41(35)45/h1-32H. The average Bonchev–Trinajstić information content (AvgIpc) is 3.77. The summed E-state index contributed by atoms with van der Waals surface area (Å²) in [5.41, 5.74) is 9.41. The van der Waals surface area contributed by atoms with Crippen molar-refractivity contribution in [3.05, 3.63) is 194 Å². The molecular formula is C50H32N2S. The van der Waals surface area contributed by atoms with Crippen LogP contribution < -0.4 is 4.90 Å². The zero-order valence-corrected chi connectivity index (χ0v) is 29.6. The molecule has 11 aromatic rings. The number of fused-ring (bicyclic) bond motifs is 9. The van der Waals surface area contributed by atoms with Crippen molar-refractivity contribution in [3.63, 3.8) is 0 Å². The molecule has 2 heterocycles. The molecule has 0 aliphatic rings. The summed E-state index contributed by atoms with van der Waals surface area (Å²) in [5, 5.41) is 10.2. The van der Waals surface area contributed by atoms with E-state index in [4.69, 9.17) is 0 Å². The number of hydrogen-bond acceptors (Lipinski definition) is 2. The Hall–Kier alpha value is -6.68. The summed E-state index contributed by atoms with van der Waals surface area (Å²) >= 11 is 1.90. The second kappa shape index (κ2) is 11.9. The molecule has 0 aliphatic carbocycles. The molecule has 3 heteroatoms. The summed E-state index contributed by atoms with van der Waals surface area (Å²) in [5.74, 6) is 0. The van der Waals surface area contributed by atoms with Crippen molar-refractivity contribution in [2.45, 2.75) is 0 Å². The van der Waals surface area contributed by atoms with Gasteiger partial charge in [0.25, 0.3) is 0 Å². The van der Waals surface area contributed by atoms with Crippen LogP contribution in [-0.4, -0.2) is 4.57 Å². The van der Waals surface area contributed by atoms with Crippen LogP contribution in [0.1, 0.15) is 0 Å². The van der Waals surface area contributed by atoms with E-state index in [1.54, 1.807) is 0 Å². The molecule has 0 saturated heterocycles. The Morgan fingerprint density at radius 2 is 1.08 bits per heavy atom.